The molecule has 0 aromatic rings. The van der Waals surface area contributed by atoms with Crippen LogP contribution in [-0.2, 0) is 37.5 Å². The van der Waals surface area contributed by atoms with Gasteiger partial charge in [-0.3, -0.25) is 23.4 Å². The van der Waals surface area contributed by atoms with Crippen LogP contribution in [0, 0.1) is 0 Å². The predicted molar refractivity (Wildman–Crippen MR) is 250 cm³/mol. The van der Waals surface area contributed by atoms with Gasteiger partial charge in [0.15, 0.2) is 6.10 Å². The molecule has 1 unspecified atom stereocenters. The minimum Gasteiger partial charge on any atom is -0.480 e. The number of carbonyl (C=O) groups is 3. The highest BCUT2D eigenvalue weighted by molar-refractivity contribution is 7.47. The maximum absolute atomic E-state index is 12.7. The minimum atomic E-state index is -4.71. The molecule has 0 aromatic heterocycles. The van der Waals surface area contributed by atoms with Crippen molar-refractivity contribution in [1.29, 1.82) is 0 Å². The van der Waals surface area contributed by atoms with E-state index in [1.165, 1.54) is 186 Å². The molecule has 0 fully saturated rings. The first-order valence-corrected chi connectivity index (χ1v) is 27.1. The molecule has 0 radical (unpaired) electrons. The van der Waals surface area contributed by atoms with Gasteiger partial charge in [-0.1, -0.05) is 239 Å². The van der Waals surface area contributed by atoms with Gasteiger partial charge in [-0.25, -0.2) is 4.57 Å². The maximum Gasteiger partial charge on any atom is 0.472 e. The van der Waals surface area contributed by atoms with Crippen molar-refractivity contribution in [3.05, 3.63) is 0 Å². The fourth-order valence-corrected chi connectivity index (χ4v) is 8.38. The van der Waals surface area contributed by atoms with E-state index in [-0.39, 0.29) is 19.4 Å². The minimum absolute atomic E-state index is 0.170. The summed E-state index contributed by atoms with van der Waals surface area (Å²) in [5.74, 6) is -2.35. The number of hydrogen-bond donors (Lipinski definition) is 3. The first-order valence-electron chi connectivity index (χ1n) is 25.6. The fourth-order valence-electron chi connectivity index (χ4n) is 7.60. The molecular weight excluding hydrogens is 794 g/mol. The summed E-state index contributed by atoms with van der Waals surface area (Å²) in [6.45, 7) is 2.86. The van der Waals surface area contributed by atoms with Crippen LogP contribution in [0.25, 0.3) is 0 Å². The number of phosphoric acid groups is 1. The number of aliphatic carboxylic acids is 1. The van der Waals surface area contributed by atoms with E-state index in [1.54, 1.807) is 0 Å². The van der Waals surface area contributed by atoms with E-state index in [1.807, 2.05) is 0 Å². The third-order valence-electron chi connectivity index (χ3n) is 11.6. The van der Waals surface area contributed by atoms with E-state index in [2.05, 4.69) is 18.4 Å². The van der Waals surface area contributed by atoms with E-state index in [0.29, 0.717) is 12.8 Å². The van der Waals surface area contributed by atoms with Crippen molar-refractivity contribution in [2.75, 3.05) is 19.8 Å². The Morgan fingerprint density at radius 2 is 0.721 bits per heavy atom. The Labute approximate surface area is 374 Å². The van der Waals surface area contributed by atoms with E-state index in [9.17, 15) is 23.8 Å². The lowest BCUT2D eigenvalue weighted by Gasteiger charge is -2.20. The van der Waals surface area contributed by atoms with Crippen LogP contribution < -0.4 is 5.73 Å². The lowest BCUT2D eigenvalue weighted by Crippen LogP contribution is -2.34. The summed E-state index contributed by atoms with van der Waals surface area (Å²) >= 11 is 0. The Bertz CT molecular complexity index is 1050. The average Bonchev–Trinajstić information content (AvgIpc) is 3.24. The van der Waals surface area contributed by atoms with Gasteiger partial charge in [0, 0.05) is 12.8 Å². The molecule has 0 spiro atoms. The average molecular weight is 890 g/mol. The van der Waals surface area contributed by atoms with Crippen LogP contribution in [0.4, 0.5) is 0 Å². The summed E-state index contributed by atoms with van der Waals surface area (Å²) in [6, 6.07) is -1.52. The van der Waals surface area contributed by atoms with Crippen LogP contribution in [0.15, 0.2) is 0 Å². The van der Waals surface area contributed by atoms with E-state index in [4.69, 9.17) is 24.8 Å². The van der Waals surface area contributed by atoms with Crippen molar-refractivity contribution >= 4 is 25.7 Å². The van der Waals surface area contributed by atoms with E-state index >= 15 is 0 Å². The molecule has 0 bridgehead atoms. The standard InChI is InChI=1S/C49H96NO10P/c1-3-5-7-9-11-13-15-17-19-20-21-22-23-24-25-26-27-29-31-33-35-37-39-41-48(52)60-45(43-58-61(55,56)59-44-46(50)49(53)54)42-57-47(51)40-38-36-34-32-30-28-18-16-14-12-10-8-6-4-2/h45-46H,3-44,50H2,1-2H3,(H,53,54)(H,55,56)/t45-,46-/m0/s1. The molecule has 0 saturated heterocycles. The first kappa shape index (κ1) is 59.5. The van der Waals surface area contributed by atoms with Gasteiger partial charge in [0.25, 0.3) is 0 Å². The highest BCUT2D eigenvalue weighted by Crippen LogP contribution is 2.43. The Balaban J connectivity index is 4.15. The lowest BCUT2D eigenvalue weighted by molar-refractivity contribution is -0.161. The van der Waals surface area contributed by atoms with Crippen LogP contribution in [0.5, 0.6) is 0 Å². The SMILES string of the molecule is CCCCCCCCCCCCCCCCCCCCCCCCCC(=O)O[C@@H](COC(=O)CCCCCCCCCCCCCCCC)COP(=O)(O)OC[C@H](N)C(=O)O. The number of hydrogen-bond acceptors (Lipinski definition) is 9. The molecule has 0 aliphatic heterocycles. The quantitative estimate of drug-likeness (QED) is 0.0301. The van der Waals surface area contributed by atoms with Gasteiger partial charge in [0.1, 0.15) is 12.6 Å². The van der Waals surface area contributed by atoms with Crippen molar-refractivity contribution in [2.45, 2.75) is 276 Å². The van der Waals surface area contributed by atoms with Gasteiger partial charge < -0.3 is 25.2 Å². The Kier molecular flexibility index (Phi) is 43.9. The predicted octanol–water partition coefficient (Wildman–Crippen LogP) is 14.2. The molecular formula is C49H96NO10P. The smallest absolute Gasteiger partial charge is 0.472 e. The van der Waals surface area contributed by atoms with Crippen LogP contribution in [-0.4, -0.2) is 59.9 Å². The fraction of sp³-hybridized carbons (Fsp3) is 0.939. The Morgan fingerprint density at radius 3 is 1.03 bits per heavy atom. The van der Waals surface area contributed by atoms with Gasteiger partial charge in [0.05, 0.1) is 13.2 Å². The molecule has 0 saturated carbocycles. The highest BCUT2D eigenvalue weighted by Gasteiger charge is 2.28. The van der Waals surface area contributed by atoms with Gasteiger partial charge in [0.2, 0.25) is 0 Å². The second-order valence-electron chi connectivity index (χ2n) is 17.7. The van der Waals surface area contributed by atoms with Crippen molar-refractivity contribution in [3.8, 4) is 0 Å². The van der Waals surface area contributed by atoms with Crippen LogP contribution in [0.2, 0.25) is 0 Å². The third-order valence-corrected chi connectivity index (χ3v) is 12.6. The number of carboxylic acids is 1. The summed E-state index contributed by atoms with van der Waals surface area (Å²) in [5, 5.41) is 8.91. The zero-order valence-electron chi connectivity index (χ0n) is 39.5. The summed E-state index contributed by atoms with van der Waals surface area (Å²) in [4.78, 5) is 46.1. The van der Waals surface area contributed by atoms with Gasteiger partial charge in [-0.2, -0.15) is 0 Å². The van der Waals surface area contributed by atoms with Gasteiger partial charge in [-0.15, -0.1) is 0 Å². The number of phosphoric ester groups is 1. The second-order valence-corrected chi connectivity index (χ2v) is 19.1. The van der Waals surface area contributed by atoms with Crippen LogP contribution >= 0.6 is 7.82 Å². The Hall–Kier alpha value is -1.52. The summed E-state index contributed by atoms with van der Waals surface area (Å²) in [6.07, 6.45) is 46.0. The number of unbranched alkanes of at least 4 members (excludes halogenated alkanes) is 35. The van der Waals surface area contributed by atoms with Crippen molar-refractivity contribution in [2.24, 2.45) is 5.73 Å². The van der Waals surface area contributed by atoms with Crippen molar-refractivity contribution < 1.29 is 47.5 Å². The van der Waals surface area contributed by atoms with E-state index < -0.39 is 51.1 Å². The zero-order valence-corrected chi connectivity index (χ0v) is 40.4. The lowest BCUT2D eigenvalue weighted by atomic mass is 10.0. The summed E-state index contributed by atoms with van der Waals surface area (Å²) in [5.41, 5.74) is 5.35. The first-order chi connectivity index (χ1) is 29.6. The third kappa shape index (κ3) is 44.9. The molecule has 12 heteroatoms. The molecule has 0 rings (SSSR count). The molecule has 0 heterocycles. The molecule has 362 valence electrons. The number of carbonyl (C=O) groups excluding carboxylic acids is 2. The molecule has 0 aliphatic carbocycles. The van der Waals surface area contributed by atoms with Crippen LogP contribution in [0.3, 0.4) is 0 Å². The molecule has 0 amide bonds. The number of nitrogens with two attached hydrogens (primary N) is 1. The van der Waals surface area contributed by atoms with Crippen LogP contribution in [0.1, 0.15) is 264 Å². The molecule has 4 N–H and O–H groups in total. The monoisotopic (exact) mass is 890 g/mol. The van der Waals surface area contributed by atoms with Crippen molar-refractivity contribution in [3.63, 3.8) is 0 Å². The van der Waals surface area contributed by atoms with Gasteiger partial charge >= 0.3 is 25.7 Å². The normalized spacial score (nSPS) is 13.5. The zero-order chi connectivity index (χ0) is 44.9. The topological polar surface area (TPSA) is 172 Å². The Morgan fingerprint density at radius 1 is 0.443 bits per heavy atom. The summed E-state index contributed by atoms with van der Waals surface area (Å²) < 4.78 is 32.8. The van der Waals surface area contributed by atoms with E-state index in [0.717, 1.165) is 38.5 Å². The summed E-state index contributed by atoms with van der Waals surface area (Å²) in [7, 11) is -4.71. The number of esters is 2. The number of rotatable bonds is 49. The van der Waals surface area contributed by atoms with Crippen molar-refractivity contribution in [1.82, 2.24) is 0 Å². The molecule has 11 nitrogen and oxygen atoms in total. The number of ether oxygens (including phenoxy) is 2. The molecule has 0 aromatic carbocycles. The number of carboxylic acid groups (broad SMARTS) is 1. The molecule has 0 aliphatic rings. The second kappa shape index (κ2) is 45.1. The largest absolute Gasteiger partial charge is 0.480 e. The molecule has 3 atom stereocenters. The maximum atomic E-state index is 12.7. The van der Waals surface area contributed by atoms with Gasteiger partial charge in [-0.05, 0) is 12.8 Å². The highest BCUT2D eigenvalue weighted by atomic mass is 31.2. The molecule has 61 heavy (non-hydrogen) atoms.